The standard InChI is InChI=1S/C22H20N4O3S2/c1-14-6-8-19(9-7-14)30-13-20(27)23-16-4-3-5-18(10-16)29-12-17-11-21(28)26-22(24-17)31-15(2)25-26/h3-11H,12-13H2,1-2H3,(H,23,27). The summed E-state index contributed by atoms with van der Waals surface area (Å²) in [5.74, 6) is 0.797. The minimum atomic E-state index is -0.236. The molecule has 0 radical (unpaired) electrons. The van der Waals surface area contributed by atoms with Gasteiger partial charge in [0.15, 0.2) is 0 Å². The van der Waals surface area contributed by atoms with Gasteiger partial charge in [0.2, 0.25) is 10.9 Å². The van der Waals surface area contributed by atoms with Crippen molar-refractivity contribution >= 4 is 39.7 Å². The lowest BCUT2D eigenvalue weighted by Gasteiger charge is -2.09. The average molecular weight is 453 g/mol. The highest BCUT2D eigenvalue weighted by Crippen LogP contribution is 2.21. The molecule has 4 aromatic rings. The van der Waals surface area contributed by atoms with Crippen LogP contribution in [0.2, 0.25) is 0 Å². The molecule has 1 N–H and O–H groups in total. The largest absolute Gasteiger partial charge is 0.487 e. The van der Waals surface area contributed by atoms with E-state index in [2.05, 4.69) is 15.4 Å². The van der Waals surface area contributed by atoms with Gasteiger partial charge in [-0.3, -0.25) is 9.59 Å². The second kappa shape index (κ2) is 9.32. The Morgan fingerprint density at radius 2 is 1.97 bits per heavy atom. The van der Waals surface area contributed by atoms with Crippen LogP contribution in [-0.4, -0.2) is 26.3 Å². The Balaban J connectivity index is 1.35. The molecule has 0 unspecified atom stereocenters. The highest BCUT2D eigenvalue weighted by atomic mass is 32.2. The maximum Gasteiger partial charge on any atom is 0.275 e. The van der Waals surface area contributed by atoms with Crippen molar-refractivity contribution in [3.8, 4) is 5.75 Å². The van der Waals surface area contributed by atoms with Crippen LogP contribution in [0.4, 0.5) is 5.69 Å². The molecule has 0 saturated carbocycles. The quantitative estimate of drug-likeness (QED) is 0.425. The monoisotopic (exact) mass is 452 g/mol. The van der Waals surface area contributed by atoms with Gasteiger partial charge in [-0.05, 0) is 38.1 Å². The maximum absolute atomic E-state index is 12.3. The third-order valence-electron chi connectivity index (χ3n) is 4.29. The molecule has 4 rings (SSSR count). The number of amides is 1. The summed E-state index contributed by atoms with van der Waals surface area (Å²) < 4.78 is 7.07. The Kier molecular flexibility index (Phi) is 6.34. The maximum atomic E-state index is 12.3. The van der Waals surface area contributed by atoms with Crippen molar-refractivity contribution in [1.29, 1.82) is 0 Å². The minimum Gasteiger partial charge on any atom is -0.487 e. The van der Waals surface area contributed by atoms with Crippen molar-refractivity contribution in [1.82, 2.24) is 14.6 Å². The molecule has 7 nitrogen and oxygen atoms in total. The topological polar surface area (TPSA) is 85.6 Å². The fraction of sp³-hybridized carbons (Fsp3) is 0.182. The molecule has 0 spiro atoms. The van der Waals surface area contributed by atoms with Crippen LogP contribution >= 0.6 is 23.1 Å². The van der Waals surface area contributed by atoms with Crippen molar-refractivity contribution in [2.24, 2.45) is 0 Å². The summed E-state index contributed by atoms with van der Waals surface area (Å²) >= 11 is 2.84. The van der Waals surface area contributed by atoms with E-state index in [4.69, 9.17) is 4.74 Å². The van der Waals surface area contributed by atoms with Crippen LogP contribution in [0.25, 0.3) is 4.96 Å². The predicted octanol–water partition coefficient (Wildman–Crippen LogP) is 4.08. The molecular formula is C22H20N4O3S2. The molecule has 1 amide bonds. The molecule has 0 atom stereocenters. The molecule has 0 bridgehead atoms. The number of hydrogen-bond acceptors (Lipinski definition) is 7. The van der Waals surface area contributed by atoms with E-state index in [-0.39, 0.29) is 18.1 Å². The van der Waals surface area contributed by atoms with Crippen molar-refractivity contribution in [3.63, 3.8) is 0 Å². The number of thioether (sulfide) groups is 1. The first-order chi connectivity index (χ1) is 15.0. The highest BCUT2D eigenvalue weighted by molar-refractivity contribution is 8.00. The Morgan fingerprint density at radius 1 is 1.16 bits per heavy atom. The second-order valence-corrected chi connectivity index (χ2v) is 9.08. The number of fused-ring (bicyclic) bond motifs is 1. The van der Waals surface area contributed by atoms with Crippen LogP contribution in [0.1, 0.15) is 16.3 Å². The SMILES string of the molecule is Cc1ccc(SCC(=O)Nc2cccc(OCc3cc(=O)n4nc(C)sc4n3)c2)cc1. The third-order valence-corrected chi connectivity index (χ3v) is 6.13. The van der Waals surface area contributed by atoms with Gasteiger partial charge < -0.3 is 10.1 Å². The summed E-state index contributed by atoms with van der Waals surface area (Å²) in [6.45, 7) is 4.00. The van der Waals surface area contributed by atoms with Crippen molar-refractivity contribution in [3.05, 3.63) is 81.2 Å². The number of nitrogens with zero attached hydrogens (tertiary/aromatic N) is 3. The van der Waals surface area contributed by atoms with Gasteiger partial charge in [-0.1, -0.05) is 35.1 Å². The van der Waals surface area contributed by atoms with Crippen LogP contribution in [-0.2, 0) is 11.4 Å². The van der Waals surface area contributed by atoms with Crippen molar-refractivity contribution in [2.75, 3.05) is 11.1 Å². The average Bonchev–Trinajstić information content (AvgIpc) is 3.13. The van der Waals surface area contributed by atoms with E-state index in [1.807, 2.05) is 38.1 Å². The molecule has 9 heteroatoms. The number of hydrogen-bond donors (Lipinski definition) is 1. The molecule has 0 aliphatic carbocycles. The molecule has 0 aliphatic heterocycles. The number of ether oxygens (including phenoxy) is 1. The van der Waals surface area contributed by atoms with E-state index in [0.717, 1.165) is 9.90 Å². The highest BCUT2D eigenvalue weighted by Gasteiger charge is 2.08. The molecular weight excluding hydrogens is 432 g/mol. The van der Waals surface area contributed by atoms with E-state index < -0.39 is 0 Å². The van der Waals surface area contributed by atoms with Gasteiger partial charge in [0.05, 0.1) is 11.4 Å². The summed E-state index contributed by atoms with van der Waals surface area (Å²) in [6, 6.07) is 16.6. The number of carbonyl (C=O) groups excluding carboxylic acids is 1. The zero-order valence-electron chi connectivity index (χ0n) is 17.0. The molecule has 2 aromatic heterocycles. The number of nitrogens with one attached hydrogen (secondary N) is 1. The first-order valence-electron chi connectivity index (χ1n) is 9.55. The first kappa shape index (κ1) is 21.1. The number of rotatable bonds is 7. The van der Waals surface area contributed by atoms with Crippen molar-refractivity contribution < 1.29 is 9.53 Å². The molecule has 0 saturated heterocycles. The van der Waals surface area contributed by atoms with Gasteiger partial charge in [-0.25, -0.2) is 4.98 Å². The van der Waals surface area contributed by atoms with Gasteiger partial charge in [0.1, 0.15) is 17.4 Å². The smallest absolute Gasteiger partial charge is 0.275 e. The zero-order chi connectivity index (χ0) is 21.8. The lowest BCUT2D eigenvalue weighted by molar-refractivity contribution is -0.113. The summed E-state index contributed by atoms with van der Waals surface area (Å²) in [5, 5.41) is 7.78. The van der Waals surface area contributed by atoms with Crippen molar-refractivity contribution in [2.45, 2.75) is 25.3 Å². The number of aryl methyl sites for hydroxylation is 2. The van der Waals surface area contributed by atoms with Gasteiger partial charge in [0.25, 0.3) is 5.56 Å². The van der Waals surface area contributed by atoms with Gasteiger partial charge in [-0.15, -0.1) is 11.8 Å². The second-order valence-electron chi connectivity index (χ2n) is 6.87. The Bertz CT molecular complexity index is 1280. The normalized spacial score (nSPS) is 10.9. The predicted molar refractivity (Wildman–Crippen MR) is 123 cm³/mol. The van der Waals surface area contributed by atoms with E-state index >= 15 is 0 Å². The Labute approximate surface area is 187 Å². The lowest BCUT2D eigenvalue weighted by Crippen LogP contribution is -2.16. The van der Waals surface area contributed by atoms with E-state index in [0.29, 0.717) is 27.8 Å². The van der Waals surface area contributed by atoms with Gasteiger partial charge in [-0.2, -0.15) is 9.61 Å². The molecule has 31 heavy (non-hydrogen) atoms. The van der Waals surface area contributed by atoms with Crippen LogP contribution in [0.15, 0.2) is 64.3 Å². The van der Waals surface area contributed by atoms with Crippen LogP contribution in [0.5, 0.6) is 5.75 Å². The summed E-state index contributed by atoms with van der Waals surface area (Å²) in [6.07, 6.45) is 0. The number of carbonyl (C=O) groups is 1. The minimum absolute atomic E-state index is 0.0940. The van der Waals surface area contributed by atoms with Crippen LogP contribution in [0.3, 0.4) is 0 Å². The van der Waals surface area contributed by atoms with E-state index in [1.165, 1.54) is 39.2 Å². The van der Waals surface area contributed by atoms with Gasteiger partial charge in [0, 0.05) is 22.7 Å². The van der Waals surface area contributed by atoms with Crippen LogP contribution < -0.4 is 15.6 Å². The zero-order valence-corrected chi connectivity index (χ0v) is 18.6. The summed E-state index contributed by atoms with van der Waals surface area (Å²) in [5.41, 5.74) is 2.12. The summed E-state index contributed by atoms with van der Waals surface area (Å²) in [7, 11) is 0. The molecule has 2 aromatic carbocycles. The Hall–Kier alpha value is -3.17. The summed E-state index contributed by atoms with van der Waals surface area (Å²) in [4.78, 5) is 30.4. The number of aromatic nitrogens is 3. The Morgan fingerprint density at radius 3 is 2.77 bits per heavy atom. The van der Waals surface area contributed by atoms with E-state index in [1.54, 1.807) is 24.3 Å². The number of benzene rings is 2. The number of anilines is 1. The molecule has 158 valence electrons. The lowest BCUT2D eigenvalue weighted by atomic mass is 10.2. The molecule has 2 heterocycles. The van der Waals surface area contributed by atoms with Crippen LogP contribution in [0, 0.1) is 13.8 Å². The fourth-order valence-electron chi connectivity index (χ4n) is 2.83. The fourth-order valence-corrected chi connectivity index (χ4v) is 4.29. The third kappa shape index (κ3) is 5.50. The first-order valence-corrected chi connectivity index (χ1v) is 11.3. The molecule has 0 aliphatic rings. The molecule has 0 fully saturated rings. The van der Waals surface area contributed by atoms with E-state index in [9.17, 15) is 9.59 Å². The van der Waals surface area contributed by atoms with Gasteiger partial charge >= 0.3 is 0 Å².